The Balaban J connectivity index is 2.06. The zero-order chi connectivity index (χ0) is 20.3. The van der Waals surface area contributed by atoms with Crippen molar-refractivity contribution < 1.29 is 19.4 Å². The first-order valence-corrected chi connectivity index (χ1v) is 9.84. The molecule has 0 saturated carbocycles. The van der Waals surface area contributed by atoms with Crippen LogP contribution in [0.1, 0.15) is 30.0 Å². The molecule has 0 amide bonds. The zero-order valence-electron chi connectivity index (χ0n) is 15.8. The molecule has 1 N–H and O–H groups in total. The number of methoxy groups -OCH3 is 2. The number of hydrogen-bond donors (Lipinski definition) is 1. The van der Waals surface area contributed by atoms with Gasteiger partial charge in [-0.2, -0.15) is 0 Å². The molecular weight excluding hydrogens is 401 g/mol. The minimum atomic E-state index is -0.759. The van der Waals surface area contributed by atoms with E-state index in [4.69, 9.17) is 32.7 Å². The second-order valence-electron chi connectivity index (χ2n) is 6.86. The second kappa shape index (κ2) is 9.03. The summed E-state index contributed by atoms with van der Waals surface area (Å²) < 4.78 is 10.8. The van der Waals surface area contributed by atoms with Crippen molar-refractivity contribution in [3.63, 3.8) is 0 Å². The van der Waals surface area contributed by atoms with Crippen molar-refractivity contribution in [1.29, 1.82) is 0 Å². The highest BCUT2D eigenvalue weighted by atomic mass is 35.5. The Hall–Kier alpha value is -1.95. The molecule has 2 aromatic carbocycles. The molecule has 2 aromatic rings. The van der Waals surface area contributed by atoms with Crippen molar-refractivity contribution in [3.05, 3.63) is 57.6 Å². The fourth-order valence-electron chi connectivity index (χ4n) is 3.76. The summed E-state index contributed by atoms with van der Waals surface area (Å²) in [6.07, 6.45) is 1.51. The molecule has 1 fully saturated rings. The van der Waals surface area contributed by atoms with E-state index in [1.165, 1.54) is 0 Å². The summed E-state index contributed by atoms with van der Waals surface area (Å²) in [6, 6.07) is 11.1. The van der Waals surface area contributed by atoms with Gasteiger partial charge in [0.25, 0.3) is 0 Å². The Morgan fingerprint density at radius 2 is 1.75 bits per heavy atom. The van der Waals surface area contributed by atoms with Gasteiger partial charge in [0.1, 0.15) is 0 Å². The topological polar surface area (TPSA) is 59.0 Å². The summed E-state index contributed by atoms with van der Waals surface area (Å²) in [4.78, 5) is 13.8. The van der Waals surface area contributed by atoms with Gasteiger partial charge in [0.05, 0.1) is 36.2 Å². The van der Waals surface area contributed by atoms with Crippen molar-refractivity contribution in [2.75, 3.05) is 27.3 Å². The number of carboxylic acid groups (broad SMARTS) is 1. The molecule has 0 spiro atoms. The number of piperidine rings is 1. The number of ether oxygens (including phenoxy) is 2. The molecule has 1 heterocycles. The maximum absolute atomic E-state index is 11.6. The molecule has 1 aliphatic rings. The van der Waals surface area contributed by atoms with Crippen molar-refractivity contribution in [2.45, 2.75) is 18.9 Å². The smallest absolute Gasteiger partial charge is 0.307 e. The molecule has 0 bridgehead atoms. The van der Waals surface area contributed by atoms with Gasteiger partial charge < -0.3 is 14.6 Å². The molecule has 150 valence electrons. The number of likely N-dealkylation sites (tertiary alicyclic amines) is 1. The fraction of sp³-hybridized carbons (Fsp3) is 0.381. The molecule has 0 aromatic heterocycles. The summed E-state index contributed by atoms with van der Waals surface area (Å²) in [5.74, 6) is 0.113. The number of benzene rings is 2. The highest BCUT2D eigenvalue weighted by Crippen LogP contribution is 2.38. The van der Waals surface area contributed by atoms with Gasteiger partial charge in [-0.1, -0.05) is 35.3 Å². The first kappa shape index (κ1) is 20.8. The Labute approximate surface area is 174 Å². The summed E-state index contributed by atoms with van der Waals surface area (Å²) >= 11 is 12.4. The Morgan fingerprint density at radius 3 is 2.39 bits per heavy atom. The molecule has 1 aliphatic heterocycles. The average molecular weight is 424 g/mol. The van der Waals surface area contributed by atoms with Crippen LogP contribution in [0.15, 0.2) is 36.4 Å². The van der Waals surface area contributed by atoms with E-state index >= 15 is 0 Å². The van der Waals surface area contributed by atoms with Crippen LogP contribution in [0.3, 0.4) is 0 Å². The lowest BCUT2D eigenvalue weighted by atomic mass is 9.91. The normalized spacial score (nSPS) is 18.5. The summed E-state index contributed by atoms with van der Waals surface area (Å²) in [5, 5.41) is 10.5. The second-order valence-corrected chi connectivity index (χ2v) is 7.68. The van der Waals surface area contributed by atoms with Gasteiger partial charge in [-0.25, -0.2) is 0 Å². The van der Waals surface area contributed by atoms with Gasteiger partial charge in [0.2, 0.25) is 0 Å². The minimum Gasteiger partial charge on any atom is -0.493 e. The van der Waals surface area contributed by atoms with E-state index in [9.17, 15) is 9.90 Å². The minimum absolute atomic E-state index is 0.170. The maximum atomic E-state index is 11.6. The number of hydrogen-bond acceptors (Lipinski definition) is 4. The van der Waals surface area contributed by atoms with E-state index in [0.29, 0.717) is 34.5 Å². The van der Waals surface area contributed by atoms with Crippen molar-refractivity contribution >= 4 is 29.2 Å². The van der Waals surface area contributed by atoms with Crippen molar-refractivity contribution in [1.82, 2.24) is 4.90 Å². The Kier molecular flexibility index (Phi) is 6.70. The van der Waals surface area contributed by atoms with E-state index in [0.717, 1.165) is 24.1 Å². The lowest BCUT2D eigenvalue weighted by Crippen LogP contribution is -2.41. The van der Waals surface area contributed by atoms with E-state index in [1.807, 2.05) is 30.3 Å². The number of carboxylic acids is 1. The number of nitrogens with zero attached hydrogens (tertiary/aromatic N) is 1. The van der Waals surface area contributed by atoms with E-state index in [2.05, 4.69) is 4.90 Å². The molecule has 2 unspecified atom stereocenters. The number of carbonyl (C=O) groups is 1. The maximum Gasteiger partial charge on any atom is 0.307 e. The molecule has 0 aliphatic carbocycles. The highest BCUT2D eigenvalue weighted by molar-refractivity contribution is 6.42. The standard InChI is InChI=1S/C21H23Cl2NO4/c1-27-18-8-6-14(11-19(18)28-2)20(13-5-7-16(22)17(23)10-13)24-9-3-4-15(12-24)21(25)26/h5-8,10-11,15,20H,3-4,9,12H2,1-2H3,(H,25,26). The highest BCUT2D eigenvalue weighted by Gasteiger charge is 2.32. The van der Waals surface area contributed by atoms with Gasteiger partial charge in [0.15, 0.2) is 11.5 Å². The van der Waals surface area contributed by atoms with E-state index in [-0.39, 0.29) is 12.0 Å². The van der Waals surface area contributed by atoms with E-state index in [1.54, 1.807) is 20.3 Å². The lowest BCUT2D eigenvalue weighted by molar-refractivity contribution is -0.143. The quantitative estimate of drug-likeness (QED) is 0.715. The van der Waals surface area contributed by atoms with Gasteiger partial charge in [-0.3, -0.25) is 9.69 Å². The predicted octanol–water partition coefficient (Wildman–Crippen LogP) is 4.90. The molecule has 0 radical (unpaired) electrons. The predicted molar refractivity (Wildman–Crippen MR) is 110 cm³/mol. The first-order valence-electron chi connectivity index (χ1n) is 9.08. The molecule has 3 rings (SSSR count). The fourth-order valence-corrected chi connectivity index (χ4v) is 4.07. The SMILES string of the molecule is COc1ccc(C(c2ccc(Cl)c(Cl)c2)N2CCCC(C(=O)O)C2)cc1OC. The molecule has 2 atom stereocenters. The van der Waals surface area contributed by atoms with E-state index < -0.39 is 5.97 Å². The number of rotatable bonds is 6. The zero-order valence-corrected chi connectivity index (χ0v) is 17.3. The van der Waals surface area contributed by atoms with Crippen molar-refractivity contribution in [3.8, 4) is 11.5 Å². The molecule has 28 heavy (non-hydrogen) atoms. The van der Waals surface area contributed by atoms with Crippen LogP contribution < -0.4 is 9.47 Å². The molecule has 7 heteroatoms. The number of aliphatic carboxylic acids is 1. The molecule has 5 nitrogen and oxygen atoms in total. The third-order valence-corrected chi connectivity index (χ3v) is 5.89. The van der Waals surface area contributed by atoms with Crippen LogP contribution in [-0.4, -0.2) is 43.3 Å². The van der Waals surface area contributed by atoms with Crippen LogP contribution in [0.5, 0.6) is 11.5 Å². The van der Waals surface area contributed by atoms with Crippen LogP contribution in [-0.2, 0) is 4.79 Å². The summed E-state index contributed by atoms with van der Waals surface area (Å²) in [5.41, 5.74) is 1.93. The van der Waals surface area contributed by atoms with Crippen LogP contribution >= 0.6 is 23.2 Å². The summed E-state index contributed by atoms with van der Waals surface area (Å²) in [6.45, 7) is 1.26. The first-order chi connectivity index (χ1) is 13.4. The molecule has 1 saturated heterocycles. The van der Waals surface area contributed by atoms with Gasteiger partial charge in [-0.05, 0) is 54.8 Å². The van der Waals surface area contributed by atoms with Gasteiger partial charge >= 0.3 is 5.97 Å². The van der Waals surface area contributed by atoms with Crippen LogP contribution in [0.25, 0.3) is 0 Å². The Bertz CT molecular complexity index is 858. The monoisotopic (exact) mass is 423 g/mol. The third kappa shape index (κ3) is 4.37. The lowest BCUT2D eigenvalue weighted by Gasteiger charge is -2.38. The largest absolute Gasteiger partial charge is 0.493 e. The van der Waals surface area contributed by atoms with Crippen LogP contribution in [0.2, 0.25) is 10.0 Å². The van der Waals surface area contributed by atoms with Crippen LogP contribution in [0, 0.1) is 5.92 Å². The Morgan fingerprint density at radius 1 is 1.07 bits per heavy atom. The average Bonchev–Trinajstić information content (AvgIpc) is 2.71. The van der Waals surface area contributed by atoms with Crippen molar-refractivity contribution in [2.24, 2.45) is 5.92 Å². The van der Waals surface area contributed by atoms with Gasteiger partial charge in [0, 0.05) is 6.54 Å². The van der Waals surface area contributed by atoms with Gasteiger partial charge in [-0.15, -0.1) is 0 Å². The van der Waals surface area contributed by atoms with Crippen LogP contribution in [0.4, 0.5) is 0 Å². The molecular formula is C21H23Cl2NO4. The third-order valence-electron chi connectivity index (χ3n) is 5.15. The summed E-state index contributed by atoms with van der Waals surface area (Å²) in [7, 11) is 3.19. The number of halogens is 2.